The SMILES string of the molecule is CCCN(CCC)c1ccc(N2CC(C(N)=O)OC2=O)cn1.[HH]. The lowest BCUT2D eigenvalue weighted by Crippen LogP contribution is -2.32. The van der Waals surface area contributed by atoms with Gasteiger partial charge in [0, 0.05) is 14.5 Å². The van der Waals surface area contributed by atoms with E-state index in [2.05, 4.69) is 23.7 Å². The first kappa shape index (κ1) is 16.1. The maximum Gasteiger partial charge on any atom is 0.415 e. The summed E-state index contributed by atoms with van der Waals surface area (Å²) in [7, 11) is 0. The van der Waals surface area contributed by atoms with Gasteiger partial charge in [0.25, 0.3) is 5.91 Å². The van der Waals surface area contributed by atoms with Crippen LogP contribution in [-0.2, 0) is 9.53 Å². The first-order valence-electron chi connectivity index (χ1n) is 7.55. The molecule has 1 unspecified atom stereocenters. The van der Waals surface area contributed by atoms with Crippen LogP contribution in [0, 0.1) is 0 Å². The minimum absolute atomic E-state index is 0. The molecule has 0 aliphatic carbocycles. The van der Waals surface area contributed by atoms with Gasteiger partial charge in [-0.2, -0.15) is 0 Å². The van der Waals surface area contributed by atoms with E-state index in [-0.39, 0.29) is 7.97 Å². The maximum atomic E-state index is 11.8. The molecule has 1 aromatic rings. The van der Waals surface area contributed by atoms with E-state index in [4.69, 9.17) is 10.5 Å². The summed E-state index contributed by atoms with van der Waals surface area (Å²) in [6.45, 7) is 6.26. The van der Waals surface area contributed by atoms with Gasteiger partial charge >= 0.3 is 6.09 Å². The number of rotatable bonds is 7. The van der Waals surface area contributed by atoms with Gasteiger partial charge in [-0.15, -0.1) is 0 Å². The highest BCUT2D eigenvalue weighted by molar-refractivity contribution is 5.95. The first-order chi connectivity index (χ1) is 10.6. The second-order valence-corrected chi connectivity index (χ2v) is 5.25. The second-order valence-electron chi connectivity index (χ2n) is 5.25. The Morgan fingerprint density at radius 3 is 2.59 bits per heavy atom. The summed E-state index contributed by atoms with van der Waals surface area (Å²) in [6, 6.07) is 3.69. The van der Waals surface area contributed by atoms with Gasteiger partial charge in [0.2, 0.25) is 0 Å². The number of amides is 2. The van der Waals surface area contributed by atoms with Gasteiger partial charge in [-0.3, -0.25) is 9.69 Å². The predicted molar refractivity (Wildman–Crippen MR) is 86.0 cm³/mol. The summed E-state index contributed by atoms with van der Waals surface area (Å²) >= 11 is 0. The number of hydrogen-bond acceptors (Lipinski definition) is 5. The highest BCUT2D eigenvalue weighted by atomic mass is 16.6. The molecule has 0 bridgehead atoms. The largest absolute Gasteiger partial charge is 0.434 e. The molecule has 2 N–H and O–H groups in total. The molecule has 0 radical (unpaired) electrons. The summed E-state index contributed by atoms with van der Waals surface area (Å²) in [4.78, 5) is 30.9. The fourth-order valence-electron chi connectivity index (χ4n) is 2.43. The Bertz CT molecular complexity index is 532. The van der Waals surface area contributed by atoms with Crippen LogP contribution < -0.4 is 15.5 Å². The average molecular weight is 308 g/mol. The van der Waals surface area contributed by atoms with E-state index in [1.807, 2.05) is 12.1 Å². The summed E-state index contributed by atoms with van der Waals surface area (Å²) in [6.07, 6.45) is 2.24. The zero-order chi connectivity index (χ0) is 16.1. The third-order valence-electron chi connectivity index (χ3n) is 3.48. The molecule has 22 heavy (non-hydrogen) atoms. The Morgan fingerprint density at radius 2 is 2.14 bits per heavy atom. The molecule has 1 saturated heterocycles. The molecule has 122 valence electrons. The Kier molecular flexibility index (Phi) is 5.19. The van der Waals surface area contributed by atoms with E-state index >= 15 is 0 Å². The highest BCUT2D eigenvalue weighted by Gasteiger charge is 2.35. The zero-order valence-corrected chi connectivity index (χ0v) is 13.0. The smallest absolute Gasteiger partial charge is 0.415 e. The monoisotopic (exact) mass is 308 g/mol. The molecule has 7 heteroatoms. The van der Waals surface area contributed by atoms with Crippen molar-refractivity contribution in [1.82, 2.24) is 4.98 Å². The Labute approximate surface area is 131 Å². The summed E-state index contributed by atoms with van der Waals surface area (Å²) in [5, 5.41) is 0. The molecular weight excluding hydrogens is 284 g/mol. The molecule has 0 aromatic carbocycles. The number of nitrogens with two attached hydrogens (primary N) is 1. The fourth-order valence-corrected chi connectivity index (χ4v) is 2.43. The standard InChI is InChI=1S/C15H22N4O3.H2/c1-3-7-18(8-4-2)13-6-5-11(9-17-13)19-10-12(14(16)20)22-15(19)21;/h5-6,9,12H,3-4,7-8,10H2,1-2H3,(H2,16,20);1H. The molecule has 1 aromatic heterocycles. The van der Waals surface area contributed by atoms with Crippen LogP contribution in [0.1, 0.15) is 28.1 Å². The quantitative estimate of drug-likeness (QED) is 0.829. The molecule has 2 amide bonds. The molecule has 7 nitrogen and oxygen atoms in total. The number of nitrogens with zero attached hydrogens (tertiary/aromatic N) is 3. The van der Waals surface area contributed by atoms with Crippen molar-refractivity contribution in [3.8, 4) is 0 Å². The van der Waals surface area contributed by atoms with Crippen molar-refractivity contribution >= 4 is 23.5 Å². The second kappa shape index (κ2) is 7.11. The number of cyclic esters (lactones) is 1. The highest BCUT2D eigenvalue weighted by Crippen LogP contribution is 2.23. The normalized spacial score (nSPS) is 17.5. The van der Waals surface area contributed by atoms with Crippen molar-refractivity contribution in [1.29, 1.82) is 0 Å². The van der Waals surface area contributed by atoms with Gasteiger partial charge in [0.15, 0.2) is 6.10 Å². The van der Waals surface area contributed by atoms with Crippen molar-refractivity contribution in [3.63, 3.8) is 0 Å². The molecule has 1 fully saturated rings. The van der Waals surface area contributed by atoms with Gasteiger partial charge in [-0.25, -0.2) is 9.78 Å². The van der Waals surface area contributed by atoms with Crippen molar-refractivity contribution in [2.24, 2.45) is 5.73 Å². The zero-order valence-electron chi connectivity index (χ0n) is 13.0. The van der Waals surface area contributed by atoms with Crippen molar-refractivity contribution in [2.45, 2.75) is 32.8 Å². The number of hydrogen-bond donors (Lipinski definition) is 1. The third-order valence-corrected chi connectivity index (χ3v) is 3.48. The van der Waals surface area contributed by atoms with Gasteiger partial charge in [-0.1, -0.05) is 13.8 Å². The first-order valence-corrected chi connectivity index (χ1v) is 7.55. The molecule has 1 aliphatic rings. The Hall–Kier alpha value is -2.31. The van der Waals surface area contributed by atoms with E-state index in [0.29, 0.717) is 5.69 Å². The maximum absolute atomic E-state index is 11.8. The van der Waals surface area contributed by atoms with Crippen LogP contribution in [0.2, 0.25) is 0 Å². The lowest BCUT2D eigenvalue weighted by molar-refractivity contribution is -0.124. The Morgan fingerprint density at radius 1 is 1.45 bits per heavy atom. The van der Waals surface area contributed by atoms with E-state index in [1.165, 1.54) is 4.90 Å². The van der Waals surface area contributed by atoms with Gasteiger partial charge in [-0.05, 0) is 25.0 Å². The predicted octanol–water partition coefficient (Wildman–Crippen LogP) is 1.76. The van der Waals surface area contributed by atoms with Crippen LogP contribution >= 0.6 is 0 Å². The topological polar surface area (TPSA) is 88.8 Å². The number of aromatic nitrogens is 1. The van der Waals surface area contributed by atoms with Crippen molar-refractivity contribution in [3.05, 3.63) is 18.3 Å². The molecule has 1 atom stereocenters. The van der Waals surface area contributed by atoms with Gasteiger partial charge < -0.3 is 15.4 Å². The number of ether oxygens (including phenoxy) is 1. The van der Waals surface area contributed by atoms with E-state index < -0.39 is 18.1 Å². The van der Waals surface area contributed by atoms with Crippen LogP contribution in [0.5, 0.6) is 0 Å². The van der Waals surface area contributed by atoms with E-state index in [9.17, 15) is 9.59 Å². The number of carbonyl (C=O) groups excluding carboxylic acids is 2. The van der Waals surface area contributed by atoms with Crippen LogP contribution in [0.15, 0.2) is 18.3 Å². The lowest BCUT2D eigenvalue weighted by atomic mass is 10.3. The van der Waals surface area contributed by atoms with Crippen LogP contribution in [0.3, 0.4) is 0 Å². The molecular formula is C15H24N4O3. The fraction of sp³-hybridized carbons (Fsp3) is 0.533. The average Bonchev–Trinajstić information content (AvgIpc) is 2.89. The third kappa shape index (κ3) is 3.47. The molecule has 2 heterocycles. The molecule has 0 spiro atoms. The van der Waals surface area contributed by atoms with Crippen molar-refractivity contribution < 1.29 is 15.8 Å². The van der Waals surface area contributed by atoms with Gasteiger partial charge in [0.05, 0.1) is 18.4 Å². The van der Waals surface area contributed by atoms with E-state index in [1.54, 1.807) is 6.20 Å². The van der Waals surface area contributed by atoms with Crippen molar-refractivity contribution in [2.75, 3.05) is 29.4 Å². The summed E-state index contributed by atoms with van der Waals surface area (Å²) < 4.78 is 4.92. The minimum Gasteiger partial charge on any atom is -0.434 e. The molecule has 0 saturated carbocycles. The van der Waals surface area contributed by atoms with Crippen LogP contribution in [0.25, 0.3) is 0 Å². The summed E-state index contributed by atoms with van der Waals surface area (Å²) in [5.74, 6) is 0.240. The van der Waals surface area contributed by atoms with Gasteiger partial charge in [0.1, 0.15) is 5.82 Å². The molecule has 1 aliphatic heterocycles. The Balaban J connectivity index is 0.00000264. The van der Waals surface area contributed by atoms with Crippen LogP contribution in [-0.4, -0.2) is 42.7 Å². The number of pyridine rings is 1. The molecule has 2 rings (SSSR count). The number of carbonyl (C=O) groups is 2. The van der Waals surface area contributed by atoms with E-state index in [0.717, 1.165) is 31.7 Å². The lowest BCUT2D eigenvalue weighted by Gasteiger charge is -2.23. The minimum atomic E-state index is -0.899. The summed E-state index contributed by atoms with van der Waals surface area (Å²) in [5.41, 5.74) is 5.77. The van der Waals surface area contributed by atoms with Crippen LogP contribution in [0.4, 0.5) is 16.3 Å². The number of anilines is 2. The number of primary amides is 1.